The Morgan fingerprint density at radius 2 is 1.93 bits per heavy atom. The third kappa shape index (κ3) is 3.33. The highest BCUT2D eigenvalue weighted by molar-refractivity contribution is 5.74. The van der Waals surface area contributed by atoms with Gasteiger partial charge < -0.3 is 19.7 Å². The summed E-state index contributed by atoms with van der Waals surface area (Å²) in [5.41, 5.74) is 0.563. The Kier molecular flexibility index (Phi) is 5.04. The molecule has 0 saturated heterocycles. The fraction of sp³-hybridized carbons (Fsp3) is 0.389. The zero-order chi connectivity index (χ0) is 19.7. The Balaban J connectivity index is 1.93. The molecule has 27 heavy (non-hydrogen) atoms. The van der Waals surface area contributed by atoms with Gasteiger partial charge in [0.25, 0.3) is 5.56 Å². The summed E-state index contributed by atoms with van der Waals surface area (Å²) in [6.45, 7) is 2.07. The largest absolute Gasteiger partial charge is 0.491 e. The fourth-order valence-corrected chi connectivity index (χ4v) is 2.98. The monoisotopic (exact) mass is 373 g/mol. The Labute approximate surface area is 155 Å². The molecule has 0 aliphatic rings. The molecule has 2 N–H and O–H groups in total. The molecule has 3 aromatic rings. The first-order chi connectivity index (χ1) is 12.8. The van der Waals surface area contributed by atoms with E-state index in [9.17, 15) is 14.7 Å². The first-order valence-corrected chi connectivity index (χ1v) is 8.55. The molecule has 0 unspecified atom stereocenters. The third-order valence-electron chi connectivity index (χ3n) is 4.49. The molecule has 0 saturated carbocycles. The SMILES string of the molecule is CNc1nc2c(c(=O)n(C)c(=O)n2C)n1C[C@H](O)COc1ccccc1C. The molecule has 0 radical (unpaired) electrons. The van der Waals surface area contributed by atoms with Gasteiger partial charge >= 0.3 is 5.69 Å². The summed E-state index contributed by atoms with van der Waals surface area (Å²) in [6, 6.07) is 7.53. The Hall–Kier alpha value is -3.07. The van der Waals surface area contributed by atoms with Crippen molar-refractivity contribution in [2.45, 2.75) is 19.6 Å². The zero-order valence-corrected chi connectivity index (χ0v) is 15.8. The molecule has 0 bridgehead atoms. The van der Waals surface area contributed by atoms with E-state index < -0.39 is 17.4 Å². The number of nitrogens with one attached hydrogen (secondary N) is 1. The average Bonchev–Trinajstić information content (AvgIpc) is 3.02. The molecule has 2 heterocycles. The quantitative estimate of drug-likeness (QED) is 0.641. The Bertz CT molecular complexity index is 1100. The van der Waals surface area contributed by atoms with Crippen LogP contribution in [0.5, 0.6) is 5.75 Å². The molecule has 1 aromatic carbocycles. The van der Waals surface area contributed by atoms with Crippen LogP contribution in [0.3, 0.4) is 0 Å². The fourth-order valence-electron chi connectivity index (χ4n) is 2.98. The lowest BCUT2D eigenvalue weighted by Gasteiger charge is -2.16. The van der Waals surface area contributed by atoms with Gasteiger partial charge in [-0.05, 0) is 18.6 Å². The van der Waals surface area contributed by atoms with Crippen LogP contribution in [0.25, 0.3) is 11.2 Å². The smallest absolute Gasteiger partial charge is 0.332 e. The number of rotatable bonds is 6. The maximum atomic E-state index is 12.6. The summed E-state index contributed by atoms with van der Waals surface area (Å²) in [5, 5.41) is 13.4. The first-order valence-electron chi connectivity index (χ1n) is 8.55. The number of hydrogen-bond donors (Lipinski definition) is 2. The Morgan fingerprint density at radius 3 is 2.59 bits per heavy atom. The van der Waals surface area contributed by atoms with Crippen LogP contribution in [0, 0.1) is 6.92 Å². The molecular weight excluding hydrogens is 350 g/mol. The highest BCUT2D eigenvalue weighted by Gasteiger charge is 2.20. The number of anilines is 1. The van der Waals surface area contributed by atoms with Gasteiger partial charge in [-0.15, -0.1) is 0 Å². The van der Waals surface area contributed by atoms with Crippen LogP contribution >= 0.6 is 0 Å². The van der Waals surface area contributed by atoms with Crippen LogP contribution in [0.2, 0.25) is 0 Å². The highest BCUT2D eigenvalue weighted by atomic mass is 16.5. The number of fused-ring (bicyclic) bond motifs is 1. The van der Waals surface area contributed by atoms with Gasteiger partial charge in [-0.2, -0.15) is 4.98 Å². The summed E-state index contributed by atoms with van der Waals surface area (Å²) in [7, 11) is 4.63. The van der Waals surface area contributed by atoms with E-state index in [1.165, 1.54) is 11.6 Å². The number of aliphatic hydroxyl groups is 1. The molecule has 2 aromatic heterocycles. The molecule has 0 aliphatic carbocycles. The van der Waals surface area contributed by atoms with Gasteiger partial charge in [0, 0.05) is 21.1 Å². The van der Waals surface area contributed by atoms with E-state index in [4.69, 9.17) is 4.74 Å². The number of aliphatic hydroxyl groups excluding tert-OH is 1. The number of hydrogen-bond acceptors (Lipinski definition) is 6. The number of para-hydroxylation sites is 1. The lowest BCUT2D eigenvalue weighted by atomic mass is 10.2. The topological polar surface area (TPSA) is 103 Å². The van der Waals surface area contributed by atoms with Gasteiger partial charge in [-0.1, -0.05) is 18.2 Å². The van der Waals surface area contributed by atoms with E-state index in [1.807, 2.05) is 31.2 Å². The normalized spacial score (nSPS) is 12.3. The van der Waals surface area contributed by atoms with E-state index in [2.05, 4.69) is 10.3 Å². The van der Waals surface area contributed by atoms with Gasteiger partial charge in [0.15, 0.2) is 11.2 Å². The number of aryl methyl sites for hydroxylation is 2. The zero-order valence-electron chi connectivity index (χ0n) is 15.8. The molecule has 0 spiro atoms. The van der Waals surface area contributed by atoms with Crippen molar-refractivity contribution in [1.29, 1.82) is 0 Å². The second-order valence-corrected chi connectivity index (χ2v) is 6.40. The number of aromatic nitrogens is 4. The van der Waals surface area contributed by atoms with E-state index in [-0.39, 0.29) is 24.3 Å². The lowest BCUT2D eigenvalue weighted by molar-refractivity contribution is 0.0935. The summed E-state index contributed by atoms with van der Waals surface area (Å²) < 4.78 is 9.59. The van der Waals surface area contributed by atoms with Crippen LogP contribution < -0.4 is 21.3 Å². The van der Waals surface area contributed by atoms with Gasteiger partial charge in [-0.3, -0.25) is 13.9 Å². The number of nitrogens with zero attached hydrogens (tertiary/aromatic N) is 4. The average molecular weight is 373 g/mol. The molecule has 0 amide bonds. The molecule has 1 atom stereocenters. The second-order valence-electron chi connectivity index (χ2n) is 6.40. The Morgan fingerprint density at radius 1 is 1.22 bits per heavy atom. The molecule has 9 heteroatoms. The van der Waals surface area contributed by atoms with E-state index in [0.717, 1.165) is 10.1 Å². The van der Waals surface area contributed by atoms with Crippen molar-refractivity contribution in [1.82, 2.24) is 18.7 Å². The van der Waals surface area contributed by atoms with Gasteiger partial charge in [0.2, 0.25) is 5.95 Å². The van der Waals surface area contributed by atoms with Crippen LogP contribution in [0.4, 0.5) is 5.95 Å². The van der Waals surface area contributed by atoms with Crippen molar-refractivity contribution in [3.8, 4) is 5.75 Å². The van der Waals surface area contributed by atoms with Crippen molar-refractivity contribution < 1.29 is 9.84 Å². The van der Waals surface area contributed by atoms with Gasteiger partial charge in [-0.25, -0.2) is 4.79 Å². The summed E-state index contributed by atoms with van der Waals surface area (Å²) >= 11 is 0. The van der Waals surface area contributed by atoms with E-state index in [0.29, 0.717) is 11.7 Å². The predicted octanol–water partition coefficient (Wildman–Crippen LogP) is 0.224. The standard InChI is InChI=1S/C18H23N5O4/c1-11-7-5-6-8-13(11)27-10-12(24)9-23-14-15(20-17(23)19-2)21(3)18(26)22(4)16(14)25/h5-8,12,24H,9-10H2,1-4H3,(H,19,20)/t12-/m0/s1. The maximum Gasteiger partial charge on any atom is 0.332 e. The third-order valence-corrected chi connectivity index (χ3v) is 4.49. The number of imidazole rings is 1. The first kappa shape index (κ1) is 18.7. The summed E-state index contributed by atoms with van der Waals surface area (Å²) in [6.07, 6.45) is -0.879. The predicted molar refractivity (Wildman–Crippen MR) is 102 cm³/mol. The number of benzene rings is 1. The second kappa shape index (κ2) is 7.28. The minimum atomic E-state index is -0.879. The maximum absolute atomic E-state index is 12.6. The minimum Gasteiger partial charge on any atom is -0.491 e. The molecule has 0 aliphatic heterocycles. The van der Waals surface area contributed by atoms with E-state index in [1.54, 1.807) is 18.7 Å². The molecule has 0 fully saturated rings. The van der Waals surface area contributed by atoms with E-state index >= 15 is 0 Å². The lowest BCUT2D eigenvalue weighted by Crippen LogP contribution is -2.38. The molecule has 3 rings (SSSR count). The van der Waals surface area contributed by atoms with Crippen molar-refractivity contribution in [3.05, 3.63) is 50.7 Å². The number of ether oxygens (including phenoxy) is 1. The van der Waals surface area contributed by atoms with Crippen LogP contribution in [0.1, 0.15) is 5.56 Å². The molecule has 144 valence electrons. The van der Waals surface area contributed by atoms with Crippen LogP contribution in [0.15, 0.2) is 33.9 Å². The van der Waals surface area contributed by atoms with Crippen LogP contribution in [-0.4, -0.2) is 43.6 Å². The minimum absolute atomic E-state index is 0.0553. The summed E-state index contributed by atoms with van der Waals surface area (Å²) in [4.78, 5) is 29.0. The molecular formula is C18H23N5O4. The van der Waals surface area contributed by atoms with Gasteiger partial charge in [0.1, 0.15) is 18.5 Å². The van der Waals surface area contributed by atoms with Crippen molar-refractivity contribution in [3.63, 3.8) is 0 Å². The highest BCUT2D eigenvalue weighted by Crippen LogP contribution is 2.18. The molecule has 9 nitrogen and oxygen atoms in total. The van der Waals surface area contributed by atoms with Crippen molar-refractivity contribution in [2.75, 3.05) is 19.0 Å². The summed E-state index contributed by atoms with van der Waals surface area (Å²) in [5.74, 6) is 1.08. The van der Waals surface area contributed by atoms with Crippen LogP contribution in [-0.2, 0) is 20.6 Å². The van der Waals surface area contributed by atoms with Crippen molar-refractivity contribution >= 4 is 17.1 Å². The van der Waals surface area contributed by atoms with Crippen molar-refractivity contribution in [2.24, 2.45) is 14.1 Å². The van der Waals surface area contributed by atoms with Gasteiger partial charge in [0.05, 0.1) is 6.54 Å².